The number of nitrogens with zero attached hydrogens (tertiary/aromatic N) is 5. The summed E-state index contributed by atoms with van der Waals surface area (Å²) in [6.07, 6.45) is 1.37. The summed E-state index contributed by atoms with van der Waals surface area (Å²) in [5, 5.41) is 0.857. The lowest BCUT2D eigenvalue weighted by atomic mass is 10.0. The Bertz CT molecular complexity index is 1200. The van der Waals surface area contributed by atoms with Gasteiger partial charge in [-0.3, -0.25) is 4.40 Å². The van der Waals surface area contributed by atoms with E-state index in [0.29, 0.717) is 17.2 Å². The van der Waals surface area contributed by atoms with Crippen molar-refractivity contribution < 1.29 is 13.3 Å². The fraction of sp³-hybridized carbons (Fsp3) is 0.522. The Morgan fingerprint density at radius 1 is 1.19 bits per heavy atom. The van der Waals surface area contributed by atoms with Crippen LogP contribution in [0.25, 0.3) is 16.6 Å². The third-order valence-corrected chi connectivity index (χ3v) is 7.24. The molecule has 0 bridgehead atoms. The molecule has 1 saturated heterocycles. The van der Waals surface area contributed by atoms with Gasteiger partial charge >= 0.3 is 0 Å². The SMILES string of the molecule is CC(=N[S@+]([O-])C(C)(C)C)c1cc(C)cc2c1nc(N1CCC(F)(F)CC1)n1c(C)cnc21. The number of benzene rings is 1. The Morgan fingerprint density at radius 3 is 2.47 bits per heavy atom. The van der Waals surface area contributed by atoms with Crippen LogP contribution < -0.4 is 4.90 Å². The molecule has 1 atom stereocenters. The van der Waals surface area contributed by atoms with Gasteiger partial charge in [-0.15, -0.1) is 0 Å². The van der Waals surface area contributed by atoms with E-state index in [0.717, 1.165) is 27.9 Å². The highest BCUT2D eigenvalue weighted by Gasteiger charge is 2.35. The maximum Gasteiger partial charge on any atom is 0.251 e. The van der Waals surface area contributed by atoms with Crippen LogP contribution in [0.4, 0.5) is 14.7 Å². The first kappa shape index (κ1) is 22.9. The van der Waals surface area contributed by atoms with Crippen LogP contribution in [0.5, 0.6) is 0 Å². The lowest BCUT2D eigenvalue weighted by Gasteiger charge is -2.33. The van der Waals surface area contributed by atoms with Crippen molar-refractivity contribution in [2.75, 3.05) is 18.0 Å². The average molecular weight is 462 g/mol. The third kappa shape index (κ3) is 4.20. The minimum atomic E-state index is -2.64. The maximum atomic E-state index is 13.8. The summed E-state index contributed by atoms with van der Waals surface area (Å²) in [5.41, 5.74) is 4.73. The minimum Gasteiger partial charge on any atom is -0.591 e. The van der Waals surface area contributed by atoms with Gasteiger partial charge in [-0.2, -0.15) is 0 Å². The van der Waals surface area contributed by atoms with Gasteiger partial charge in [0.1, 0.15) is 21.8 Å². The summed E-state index contributed by atoms with van der Waals surface area (Å²) in [5.74, 6) is -2.04. The second kappa shape index (κ2) is 7.95. The second-order valence-electron chi connectivity index (χ2n) is 9.56. The van der Waals surface area contributed by atoms with Crippen molar-refractivity contribution in [1.82, 2.24) is 14.4 Å². The smallest absolute Gasteiger partial charge is 0.251 e. The molecule has 172 valence electrons. The van der Waals surface area contributed by atoms with Crippen LogP contribution in [-0.4, -0.2) is 48.4 Å². The van der Waals surface area contributed by atoms with Crippen LogP contribution in [0.3, 0.4) is 0 Å². The highest BCUT2D eigenvalue weighted by Crippen LogP contribution is 2.33. The first-order valence-electron chi connectivity index (χ1n) is 10.8. The van der Waals surface area contributed by atoms with Crippen molar-refractivity contribution in [3.05, 3.63) is 35.2 Å². The number of aryl methyl sites for hydroxylation is 2. The second-order valence-corrected chi connectivity index (χ2v) is 11.5. The van der Waals surface area contributed by atoms with Crippen molar-refractivity contribution in [3.63, 3.8) is 0 Å². The lowest BCUT2D eigenvalue weighted by molar-refractivity contribution is -0.0222. The summed E-state index contributed by atoms with van der Waals surface area (Å²) in [7, 11) is 0. The van der Waals surface area contributed by atoms with E-state index in [-0.39, 0.29) is 25.9 Å². The predicted octanol–water partition coefficient (Wildman–Crippen LogP) is 5.01. The molecule has 3 aromatic rings. The van der Waals surface area contributed by atoms with E-state index in [4.69, 9.17) is 4.98 Å². The van der Waals surface area contributed by atoms with Crippen LogP contribution in [0.15, 0.2) is 22.7 Å². The molecule has 0 N–H and O–H groups in total. The maximum absolute atomic E-state index is 13.8. The zero-order valence-corrected chi connectivity index (χ0v) is 20.2. The van der Waals surface area contributed by atoms with E-state index in [1.807, 2.05) is 63.0 Å². The number of hydrogen-bond acceptors (Lipinski definition) is 5. The zero-order chi connectivity index (χ0) is 23.4. The Hall–Kier alpha value is -2.26. The molecule has 0 unspecified atom stereocenters. The zero-order valence-electron chi connectivity index (χ0n) is 19.4. The number of piperidine rings is 1. The van der Waals surface area contributed by atoms with Crippen LogP contribution >= 0.6 is 0 Å². The van der Waals surface area contributed by atoms with Gasteiger partial charge in [0.15, 0.2) is 0 Å². The van der Waals surface area contributed by atoms with Gasteiger partial charge in [0, 0.05) is 48.8 Å². The molecule has 4 rings (SSSR count). The topological polar surface area (TPSA) is 68.9 Å². The number of hydrogen-bond donors (Lipinski definition) is 0. The molecule has 0 amide bonds. The highest BCUT2D eigenvalue weighted by atomic mass is 32.2. The molecule has 0 radical (unpaired) electrons. The van der Waals surface area contributed by atoms with Crippen molar-refractivity contribution in [3.8, 4) is 0 Å². The number of fused-ring (bicyclic) bond motifs is 3. The Morgan fingerprint density at radius 2 is 1.84 bits per heavy atom. The lowest BCUT2D eigenvalue weighted by Crippen LogP contribution is -2.40. The molecule has 32 heavy (non-hydrogen) atoms. The van der Waals surface area contributed by atoms with E-state index in [2.05, 4.69) is 9.38 Å². The fourth-order valence-corrected chi connectivity index (χ4v) is 4.55. The van der Waals surface area contributed by atoms with Crippen LogP contribution in [0.1, 0.15) is 57.4 Å². The van der Waals surface area contributed by atoms with Crippen molar-refractivity contribution in [2.24, 2.45) is 4.40 Å². The van der Waals surface area contributed by atoms with Crippen molar-refractivity contribution in [1.29, 1.82) is 0 Å². The van der Waals surface area contributed by atoms with Gasteiger partial charge in [0.05, 0.1) is 11.2 Å². The molecule has 0 spiro atoms. The molecular weight excluding hydrogens is 432 g/mol. The van der Waals surface area contributed by atoms with Crippen molar-refractivity contribution in [2.45, 2.75) is 65.1 Å². The monoisotopic (exact) mass is 461 g/mol. The molecule has 2 aromatic heterocycles. The summed E-state index contributed by atoms with van der Waals surface area (Å²) in [6.45, 7) is 11.9. The Balaban J connectivity index is 1.94. The summed E-state index contributed by atoms with van der Waals surface area (Å²) < 4.78 is 46.2. The molecule has 1 aliphatic heterocycles. The molecule has 0 saturated carbocycles. The number of imidazole rings is 1. The molecule has 0 aliphatic carbocycles. The van der Waals surface area contributed by atoms with Gasteiger partial charge in [0.25, 0.3) is 5.92 Å². The molecule has 1 fully saturated rings. The molecule has 1 aromatic carbocycles. The quantitative estimate of drug-likeness (QED) is 0.406. The fourth-order valence-electron chi connectivity index (χ4n) is 3.93. The summed E-state index contributed by atoms with van der Waals surface area (Å²) in [6, 6.07) is 4.00. The predicted molar refractivity (Wildman–Crippen MR) is 126 cm³/mol. The number of anilines is 1. The summed E-state index contributed by atoms with van der Waals surface area (Å²) in [4.78, 5) is 11.5. The normalized spacial score (nSPS) is 18.5. The summed E-state index contributed by atoms with van der Waals surface area (Å²) >= 11 is -1.41. The number of rotatable bonds is 3. The van der Waals surface area contributed by atoms with Gasteiger partial charge in [-0.1, -0.05) is 4.40 Å². The van der Waals surface area contributed by atoms with Gasteiger partial charge in [-0.25, -0.2) is 18.7 Å². The highest BCUT2D eigenvalue weighted by molar-refractivity contribution is 7.91. The first-order valence-corrected chi connectivity index (χ1v) is 11.9. The molecule has 6 nitrogen and oxygen atoms in total. The van der Waals surface area contributed by atoms with E-state index >= 15 is 0 Å². The minimum absolute atomic E-state index is 0.201. The largest absolute Gasteiger partial charge is 0.591 e. The number of aromatic nitrogens is 3. The number of halogens is 2. The first-order chi connectivity index (χ1) is 14.9. The van der Waals surface area contributed by atoms with E-state index in [1.165, 1.54) is 0 Å². The van der Waals surface area contributed by atoms with E-state index in [1.54, 1.807) is 6.20 Å². The van der Waals surface area contributed by atoms with Crippen LogP contribution in [0, 0.1) is 13.8 Å². The number of alkyl halides is 2. The van der Waals surface area contributed by atoms with Gasteiger partial charge in [-0.05, 0) is 59.2 Å². The molecule has 1 aliphatic rings. The van der Waals surface area contributed by atoms with Gasteiger partial charge < -0.3 is 9.45 Å². The van der Waals surface area contributed by atoms with E-state index in [9.17, 15) is 13.3 Å². The van der Waals surface area contributed by atoms with Crippen LogP contribution in [0.2, 0.25) is 0 Å². The Kier molecular flexibility index (Phi) is 5.69. The van der Waals surface area contributed by atoms with Gasteiger partial charge in [0.2, 0.25) is 5.95 Å². The van der Waals surface area contributed by atoms with E-state index < -0.39 is 22.0 Å². The molecule has 3 heterocycles. The standard InChI is InChI=1S/C23H29F2N5OS/c1-14-11-17(16(3)28-32(31)22(4,5)6)19-18(12-14)20-26-13-15(2)30(20)21(27-19)29-9-7-23(24,25)8-10-29/h11-13H,7-10H2,1-6H3/t32-/m1/s1. The average Bonchev–Trinajstić information content (AvgIpc) is 3.08. The Labute approximate surface area is 190 Å². The van der Waals surface area contributed by atoms with Crippen molar-refractivity contribution >= 4 is 39.6 Å². The molecular formula is C23H29F2N5OS. The third-order valence-electron chi connectivity index (χ3n) is 5.76. The van der Waals surface area contributed by atoms with Crippen LogP contribution in [-0.2, 0) is 11.4 Å². The molecule has 9 heteroatoms.